The fourth-order valence-corrected chi connectivity index (χ4v) is 4.53. The van der Waals surface area contributed by atoms with E-state index in [1.165, 1.54) is 4.88 Å². The highest BCUT2D eigenvalue weighted by atomic mass is 35.5. The van der Waals surface area contributed by atoms with Crippen molar-refractivity contribution in [3.8, 4) is 11.5 Å². The molecule has 2 aromatic carbocycles. The van der Waals surface area contributed by atoms with Crippen molar-refractivity contribution >= 4 is 46.4 Å². The Morgan fingerprint density at radius 3 is 2.83 bits per heavy atom. The highest BCUT2D eigenvalue weighted by molar-refractivity contribution is 7.09. The third-order valence-electron chi connectivity index (χ3n) is 4.88. The maximum absolute atomic E-state index is 12.9. The molecule has 2 aliphatic heterocycles. The molecule has 0 bridgehead atoms. The number of rotatable bonds is 3. The van der Waals surface area contributed by atoms with Gasteiger partial charge < -0.3 is 9.47 Å². The van der Waals surface area contributed by atoms with Crippen LogP contribution in [-0.4, -0.2) is 17.4 Å². The van der Waals surface area contributed by atoms with E-state index in [1.54, 1.807) is 41.7 Å². The van der Waals surface area contributed by atoms with Crippen LogP contribution in [0.25, 0.3) is 6.08 Å². The number of carbonyl (C=O) groups excluding carboxylic acids is 1. The number of benzene rings is 2. The highest BCUT2D eigenvalue weighted by Crippen LogP contribution is 2.42. The summed E-state index contributed by atoms with van der Waals surface area (Å²) in [6.45, 7) is 1.95. The second-order valence-corrected chi connectivity index (χ2v) is 8.72. The summed E-state index contributed by atoms with van der Waals surface area (Å²) in [5.41, 5.74) is 2.20. The first-order valence-corrected chi connectivity index (χ1v) is 10.6. The lowest BCUT2D eigenvalue weighted by atomic mass is 10.0. The molecule has 0 amide bonds. The van der Waals surface area contributed by atoms with Gasteiger partial charge in [0.05, 0.1) is 21.2 Å². The molecule has 2 aliphatic rings. The number of ether oxygens (including phenoxy) is 2. The van der Waals surface area contributed by atoms with Crippen LogP contribution in [0.1, 0.15) is 26.4 Å². The van der Waals surface area contributed by atoms with Crippen molar-refractivity contribution in [2.75, 3.05) is 6.73 Å². The Hall–Kier alpha value is -2.31. The van der Waals surface area contributed by atoms with Gasteiger partial charge in [-0.25, -0.2) is 0 Å². The van der Waals surface area contributed by atoms with Gasteiger partial charge in [-0.3, -0.25) is 9.69 Å². The molecule has 4 nitrogen and oxygen atoms in total. The molecular weight excluding hydrogens is 429 g/mol. The minimum Gasteiger partial charge on any atom is -0.478 e. The summed E-state index contributed by atoms with van der Waals surface area (Å²) >= 11 is 13.8. The van der Waals surface area contributed by atoms with Crippen LogP contribution in [0, 0.1) is 0 Å². The smallest absolute Gasteiger partial charge is 0.231 e. The molecule has 0 spiro atoms. The van der Waals surface area contributed by atoms with Crippen molar-refractivity contribution in [1.82, 2.24) is 4.90 Å². The minimum atomic E-state index is -0.149. The van der Waals surface area contributed by atoms with Gasteiger partial charge in [-0.1, -0.05) is 35.3 Å². The molecule has 3 aromatic rings. The van der Waals surface area contributed by atoms with Crippen molar-refractivity contribution in [2.45, 2.75) is 13.1 Å². The summed E-state index contributed by atoms with van der Waals surface area (Å²) < 4.78 is 11.9. The molecule has 0 saturated carbocycles. The highest BCUT2D eigenvalue weighted by Gasteiger charge is 2.33. The number of Topliss-reactive ketones (excluding diaryl/α,β-unsaturated/α-hetero) is 1. The molecule has 0 saturated heterocycles. The van der Waals surface area contributed by atoms with Crippen LogP contribution < -0.4 is 9.47 Å². The molecule has 0 fully saturated rings. The Balaban J connectivity index is 1.45. The first kappa shape index (κ1) is 18.7. The molecule has 5 rings (SSSR count). The van der Waals surface area contributed by atoms with E-state index in [0.717, 1.165) is 23.4 Å². The molecule has 0 N–H and O–H groups in total. The standard InChI is InChI=1S/C22H15Cl2NO3S/c23-17-5-3-13(8-18(17)24)9-20-21(26)15-4-6-19-16(22(15)28-20)11-25(12-27-19)10-14-2-1-7-29-14/h1-9H,10-12H2/b20-9-. The molecule has 0 radical (unpaired) electrons. The number of allylic oxidation sites excluding steroid dienone is 1. The van der Waals surface area contributed by atoms with Crippen molar-refractivity contribution in [3.63, 3.8) is 0 Å². The van der Waals surface area contributed by atoms with Gasteiger partial charge in [0.15, 0.2) is 5.76 Å². The zero-order valence-electron chi connectivity index (χ0n) is 15.2. The second-order valence-electron chi connectivity index (χ2n) is 6.87. The molecular formula is C22H15Cl2NO3S. The van der Waals surface area contributed by atoms with Crippen LogP contribution in [0.3, 0.4) is 0 Å². The largest absolute Gasteiger partial charge is 0.478 e. The Labute approximate surface area is 181 Å². The summed E-state index contributed by atoms with van der Waals surface area (Å²) in [6.07, 6.45) is 1.68. The summed E-state index contributed by atoms with van der Waals surface area (Å²) in [5, 5.41) is 2.96. The SMILES string of the molecule is O=C1/C(=C/c2ccc(Cl)c(Cl)c2)Oc2c1ccc1c2CN(Cc2cccs2)CO1. The maximum atomic E-state index is 12.9. The van der Waals surface area contributed by atoms with Gasteiger partial charge in [0.25, 0.3) is 0 Å². The Morgan fingerprint density at radius 1 is 1.14 bits per heavy atom. The molecule has 146 valence electrons. The third kappa shape index (κ3) is 3.55. The fraction of sp³-hybridized carbons (Fsp3) is 0.136. The number of nitrogens with zero attached hydrogens (tertiary/aromatic N) is 1. The van der Waals surface area contributed by atoms with Gasteiger partial charge in [-0.15, -0.1) is 11.3 Å². The molecule has 29 heavy (non-hydrogen) atoms. The average Bonchev–Trinajstić information content (AvgIpc) is 3.33. The first-order valence-electron chi connectivity index (χ1n) is 9.01. The monoisotopic (exact) mass is 443 g/mol. The van der Waals surface area contributed by atoms with Crippen molar-refractivity contribution in [2.24, 2.45) is 0 Å². The summed E-state index contributed by atoms with van der Waals surface area (Å²) in [7, 11) is 0. The number of ketones is 1. The molecule has 3 heterocycles. The van der Waals surface area contributed by atoms with Crippen LogP contribution in [0.5, 0.6) is 11.5 Å². The molecule has 1 aromatic heterocycles. The van der Waals surface area contributed by atoms with Gasteiger partial charge in [0.1, 0.15) is 18.2 Å². The van der Waals surface area contributed by atoms with Gasteiger partial charge in [0.2, 0.25) is 5.78 Å². The number of carbonyl (C=O) groups is 1. The number of fused-ring (bicyclic) bond motifs is 3. The minimum absolute atomic E-state index is 0.149. The van der Waals surface area contributed by atoms with Crippen LogP contribution in [0.4, 0.5) is 0 Å². The number of hydrogen-bond acceptors (Lipinski definition) is 5. The van der Waals surface area contributed by atoms with E-state index < -0.39 is 0 Å². The van der Waals surface area contributed by atoms with E-state index in [0.29, 0.717) is 34.6 Å². The van der Waals surface area contributed by atoms with E-state index in [1.807, 2.05) is 12.1 Å². The van der Waals surface area contributed by atoms with Crippen LogP contribution in [0.2, 0.25) is 10.0 Å². The van der Waals surface area contributed by atoms with Crippen LogP contribution >= 0.6 is 34.5 Å². The lowest BCUT2D eigenvalue weighted by Crippen LogP contribution is -2.31. The topological polar surface area (TPSA) is 38.8 Å². The zero-order chi connectivity index (χ0) is 20.0. The lowest BCUT2D eigenvalue weighted by Gasteiger charge is -2.29. The van der Waals surface area contributed by atoms with Crippen molar-refractivity contribution in [3.05, 3.63) is 85.2 Å². The van der Waals surface area contributed by atoms with Gasteiger partial charge >= 0.3 is 0 Å². The van der Waals surface area contributed by atoms with Crippen molar-refractivity contribution < 1.29 is 14.3 Å². The molecule has 7 heteroatoms. The van der Waals surface area contributed by atoms with E-state index in [4.69, 9.17) is 32.7 Å². The Kier molecular flexibility index (Phi) is 4.84. The summed E-state index contributed by atoms with van der Waals surface area (Å²) in [6, 6.07) is 13.0. The van der Waals surface area contributed by atoms with Gasteiger partial charge in [0, 0.05) is 18.0 Å². The second kappa shape index (κ2) is 7.50. The molecule has 0 unspecified atom stereocenters. The average molecular weight is 444 g/mol. The predicted molar refractivity (Wildman–Crippen MR) is 115 cm³/mol. The third-order valence-corrected chi connectivity index (χ3v) is 6.48. The normalized spacial score (nSPS) is 17.0. The molecule has 0 atom stereocenters. The van der Waals surface area contributed by atoms with E-state index in [9.17, 15) is 4.79 Å². The van der Waals surface area contributed by atoms with Crippen LogP contribution in [-0.2, 0) is 13.1 Å². The Bertz CT molecular complexity index is 1140. The van der Waals surface area contributed by atoms with E-state index >= 15 is 0 Å². The van der Waals surface area contributed by atoms with Crippen LogP contribution in [0.15, 0.2) is 53.6 Å². The van der Waals surface area contributed by atoms with Gasteiger partial charge in [-0.05, 0) is 47.4 Å². The number of halogens is 2. The molecule has 0 aliphatic carbocycles. The van der Waals surface area contributed by atoms with E-state index in [2.05, 4.69) is 16.3 Å². The number of thiophene rings is 1. The predicted octanol–water partition coefficient (Wildman–Crippen LogP) is 6.02. The zero-order valence-corrected chi connectivity index (χ0v) is 17.5. The lowest BCUT2D eigenvalue weighted by molar-refractivity contribution is 0.0882. The quantitative estimate of drug-likeness (QED) is 0.463. The Morgan fingerprint density at radius 2 is 2.03 bits per heavy atom. The maximum Gasteiger partial charge on any atom is 0.231 e. The summed E-state index contributed by atoms with van der Waals surface area (Å²) in [4.78, 5) is 16.3. The van der Waals surface area contributed by atoms with E-state index in [-0.39, 0.29) is 11.5 Å². The summed E-state index contributed by atoms with van der Waals surface area (Å²) in [5.74, 6) is 1.45. The number of hydrogen-bond donors (Lipinski definition) is 0. The van der Waals surface area contributed by atoms with Gasteiger partial charge in [-0.2, -0.15) is 0 Å². The fourth-order valence-electron chi connectivity index (χ4n) is 3.48. The first-order chi connectivity index (χ1) is 14.1. The van der Waals surface area contributed by atoms with Crippen molar-refractivity contribution in [1.29, 1.82) is 0 Å².